The third-order valence-corrected chi connectivity index (χ3v) is 3.02. The van der Waals surface area contributed by atoms with Gasteiger partial charge in [-0.3, -0.25) is 4.99 Å². The molecular weight excluding hydrogens is 430 g/mol. The van der Waals surface area contributed by atoms with Crippen molar-refractivity contribution in [3.8, 4) is 0 Å². The number of hydrogen-bond acceptors (Lipinski definition) is 1. The zero-order chi connectivity index (χ0) is 15.7. The Bertz CT molecular complexity index is 467. The molecule has 0 aromatic heterocycles. The molecule has 0 fully saturated rings. The predicted molar refractivity (Wildman–Crippen MR) is 95.2 cm³/mol. The second-order valence-corrected chi connectivity index (χ2v) is 4.80. The summed E-state index contributed by atoms with van der Waals surface area (Å²) < 4.78 is 36.3. The molecule has 1 rings (SSSR count). The molecular formula is C14H20ClF3IN3. The highest BCUT2D eigenvalue weighted by molar-refractivity contribution is 14.0. The molecule has 0 aliphatic carbocycles. The highest BCUT2D eigenvalue weighted by Crippen LogP contribution is 2.18. The summed E-state index contributed by atoms with van der Waals surface area (Å²) in [6, 6.07) is 7.46. The molecule has 0 amide bonds. The minimum Gasteiger partial charge on any atom is -0.357 e. The van der Waals surface area contributed by atoms with Crippen LogP contribution < -0.4 is 10.6 Å². The molecule has 2 N–H and O–H groups in total. The Balaban J connectivity index is 0.00000441. The number of rotatable bonds is 6. The summed E-state index contributed by atoms with van der Waals surface area (Å²) in [4.78, 5) is 3.89. The van der Waals surface area contributed by atoms with Gasteiger partial charge in [0.1, 0.15) is 0 Å². The van der Waals surface area contributed by atoms with Crippen LogP contribution in [0.2, 0.25) is 5.02 Å². The highest BCUT2D eigenvalue weighted by Gasteiger charge is 2.26. The van der Waals surface area contributed by atoms with Crippen LogP contribution in [0.25, 0.3) is 0 Å². The first kappa shape index (κ1) is 21.3. The summed E-state index contributed by atoms with van der Waals surface area (Å²) in [7, 11) is 0. The van der Waals surface area contributed by atoms with Gasteiger partial charge in [-0.25, -0.2) is 0 Å². The Morgan fingerprint density at radius 2 is 1.91 bits per heavy atom. The molecule has 0 bridgehead atoms. The fraction of sp³-hybridized carbons (Fsp3) is 0.500. The zero-order valence-electron chi connectivity index (χ0n) is 12.2. The van der Waals surface area contributed by atoms with Gasteiger partial charge in [-0.2, -0.15) is 13.2 Å². The molecule has 0 saturated carbocycles. The van der Waals surface area contributed by atoms with Gasteiger partial charge < -0.3 is 10.6 Å². The van der Waals surface area contributed by atoms with E-state index in [0.717, 1.165) is 5.56 Å². The monoisotopic (exact) mass is 449 g/mol. The lowest BCUT2D eigenvalue weighted by atomic mass is 10.1. The van der Waals surface area contributed by atoms with Gasteiger partial charge in [-0.15, -0.1) is 24.0 Å². The summed E-state index contributed by atoms with van der Waals surface area (Å²) in [5.74, 6) is 0.383. The maximum absolute atomic E-state index is 12.1. The van der Waals surface area contributed by atoms with E-state index in [-0.39, 0.29) is 30.5 Å². The van der Waals surface area contributed by atoms with Crippen LogP contribution in [0.4, 0.5) is 13.2 Å². The standard InChI is InChI=1S/C14H19ClF3N3.HI/c1-2-19-13(21-10-8-14(16,17)18)20-9-7-11-5-3-4-6-12(11)15;/h3-6H,2,7-10H2,1H3,(H2,19,20,21);1H. The average Bonchev–Trinajstić information content (AvgIpc) is 2.39. The molecule has 0 aliphatic rings. The predicted octanol–water partition coefficient (Wildman–Crippen LogP) is 4.01. The number of guanidine groups is 1. The molecule has 0 radical (unpaired) electrons. The van der Waals surface area contributed by atoms with Gasteiger partial charge in [0.05, 0.1) is 13.0 Å². The molecule has 0 heterocycles. The number of aliphatic imine (C=N–C) groups is 1. The minimum absolute atomic E-state index is 0. The zero-order valence-corrected chi connectivity index (χ0v) is 15.3. The van der Waals surface area contributed by atoms with Gasteiger partial charge in [-0.1, -0.05) is 29.8 Å². The number of halogens is 5. The van der Waals surface area contributed by atoms with E-state index in [9.17, 15) is 13.2 Å². The first-order valence-electron chi connectivity index (χ1n) is 6.74. The maximum atomic E-state index is 12.1. The molecule has 3 nitrogen and oxygen atoms in total. The molecule has 0 saturated heterocycles. The minimum atomic E-state index is -4.18. The van der Waals surface area contributed by atoms with Gasteiger partial charge in [0.15, 0.2) is 5.96 Å². The van der Waals surface area contributed by atoms with Crippen molar-refractivity contribution in [3.63, 3.8) is 0 Å². The van der Waals surface area contributed by atoms with E-state index in [1.54, 1.807) is 6.07 Å². The van der Waals surface area contributed by atoms with E-state index in [1.807, 2.05) is 25.1 Å². The highest BCUT2D eigenvalue weighted by atomic mass is 127. The molecule has 22 heavy (non-hydrogen) atoms. The van der Waals surface area contributed by atoms with E-state index in [0.29, 0.717) is 30.5 Å². The lowest BCUT2D eigenvalue weighted by Crippen LogP contribution is -2.38. The second-order valence-electron chi connectivity index (χ2n) is 4.39. The van der Waals surface area contributed by atoms with E-state index in [2.05, 4.69) is 15.6 Å². The van der Waals surface area contributed by atoms with Gasteiger partial charge in [0, 0.05) is 18.1 Å². The lowest BCUT2D eigenvalue weighted by Gasteiger charge is -2.12. The number of nitrogens with one attached hydrogen (secondary N) is 2. The Morgan fingerprint density at radius 3 is 2.50 bits per heavy atom. The van der Waals surface area contributed by atoms with Crippen molar-refractivity contribution in [1.29, 1.82) is 0 Å². The van der Waals surface area contributed by atoms with Crippen LogP contribution in [0.1, 0.15) is 18.9 Å². The van der Waals surface area contributed by atoms with Crippen LogP contribution in [0.15, 0.2) is 29.3 Å². The molecule has 0 unspecified atom stereocenters. The van der Waals surface area contributed by atoms with E-state index in [4.69, 9.17) is 11.6 Å². The third kappa shape index (κ3) is 9.34. The fourth-order valence-electron chi connectivity index (χ4n) is 1.65. The first-order valence-corrected chi connectivity index (χ1v) is 7.12. The molecule has 0 aliphatic heterocycles. The quantitative estimate of drug-likeness (QED) is 0.391. The molecule has 1 aromatic rings. The van der Waals surface area contributed by atoms with Crippen molar-refractivity contribution in [2.45, 2.75) is 25.9 Å². The van der Waals surface area contributed by atoms with Crippen molar-refractivity contribution in [2.24, 2.45) is 4.99 Å². The van der Waals surface area contributed by atoms with E-state index < -0.39 is 12.6 Å². The number of alkyl halides is 3. The van der Waals surface area contributed by atoms with Gasteiger partial charge >= 0.3 is 6.18 Å². The summed E-state index contributed by atoms with van der Waals surface area (Å²) in [5, 5.41) is 6.58. The van der Waals surface area contributed by atoms with Crippen LogP contribution in [0.5, 0.6) is 0 Å². The van der Waals surface area contributed by atoms with Crippen LogP contribution in [-0.4, -0.2) is 31.8 Å². The maximum Gasteiger partial charge on any atom is 0.390 e. The van der Waals surface area contributed by atoms with E-state index in [1.165, 1.54) is 0 Å². The number of nitrogens with zero attached hydrogens (tertiary/aromatic N) is 1. The van der Waals surface area contributed by atoms with Crippen molar-refractivity contribution in [1.82, 2.24) is 10.6 Å². The Labute approximate surface area is 150 Å². The topological polar surface area (TPSA) is 36.4 Å². The van der Waals surface area contributed by atoms with Crippen molar-refractivity contribution in [3.05, 3.63) is 34.9 Å². The molecule has 1 aromatic carbocycles. The normalized spacial score (nSPS) is 11.8. The summed E-state index contributed by atoms with van der Waals surface area (Å²) in [5.41, 5.74) is 0.984. The Morgan fingerprint density at radius 1 is 1.23 bits per heavy atom. The number of benzene rings is 1. The molecule has 126 valence electrons. The van der Waals surface area contributed by atoms with Gasteiger partial charge in [0.25, 0.3) is 0 Å². The summed E-state index contributed by atoms with van der Waals surface area (Å²) in [6.45, 7) is 2.70. The molecule has 0 spiro atoms. The third-order valence-electron chi connectivity index (χ3n) is 2.65. The first-order chi connectivity index (χ1) is 9.92. The second kappa shape index (κ2) is 10.9. The molecule has 0 atom stereocenters. The van der Waals surface area contributed by atoms with Crippen LogP contribution >= 0.6 is 35.6 Å². The Kier molecular flexibility index (Phi) is 10.6. The fourth-order valence-corrected chi connectivity index (χ4v) is 1.88. The summed E-state index contributed by atoms with van der Waals surface area (Å²) >= 11 is 6.04. The van der Waals surface area contributed by atoms with Gasteiger partial charge in [-0.05, 0) is 25.0 Å². The molecule has 8 heteroatoms. The lowest BCUT2D eigenvalue weighted by molar-refractivity contribution is -0.132. The largest absolute Gasteiger partial charge is 0.390 e. The van der Waals surface area contributed by atoms with Crippen molar-refractivity contribution < 1.29 is 13.2 Å². The average molecular weight is 450 g/mol. The summed E-state index contributed by atoms with van der Waals surface area (Å²) in [6.07, 6.45) is -4.43. The van der Waals surface area contributed by atoms with Crippen LogP contribution in [0, 0.1) is 0 Å². The van der Waals surface area contributed by atoms with Crippen molar-refractivity contribution in [2.75, 3.05) is 19.6 Å². The SMILES string of the molecule is CCNC(=NCCC(F)(F)F)NCCc1ccccc1Cl.I. The van der Waals surface area contributed by atoms with E-state index >= 15 is 0 Å². The van der Waals surface area contributed by atoms with Crippen LogP contribution in [0.3, 0.4) is 0 Å². The van der Waals surface area contributed by atoms with Crippen LogP contribution in [-0.2, 0) is 6.42 Å². The Hall–Kier alpha value is -0.700. The number of hydrogen-bond donors (Lipinski definition) is 2. The smallest absolute Gasteiger partial charge is 0.357 e. The van der Waals surface area contributed by atoms with Crippen molar-refractivity contribution >= 4 is 41.5 Å². The van der Waals surface area contributed by atoms with Gasteiger partial charge in [0.2, 0.25) is 0 Å².